The molecule has 0 radical (unpaired) electrons. The number of rotatable bonds is 5. The third kappa shape index (κ3) is 3.57. The van der Waals surface area contributed by atoms with E-state index in [0.717, 1.165) is 5.57 Å². The van der Waals surface area contributed by atoms with Gasteiger partial charge in [-0.2, -0.15) is 0 Å². The molecule has 0 saturated heterocycles. The molecule has 25 heavy (non-hydrogen) atoms. The molecule has 1 aromatic heterocycles. The van der Waals surface area contributed by atoms with E-state index in [9.17, 15) is 4.79 Å². The largest absolute Gasteiger partial charge is 0.495 e. The Morgan fingerprint density at radius 3 is 2.76 bits per heavy atom. The van der Waals surface area contributed by atoms with Crippen LogP contribution in [0.1, 0.15) is 6.92 Å². The second-order valence-corrected chi connectivity index (χ2v) is 6.97. The van der Waals surface area contributed by atoms with Gasteiger partial charge in [-0.3, -0.25) is 9.36 Å². The number of thioether (sulfide) groups is 1. The molecule has 2 aromatic carbocycles. The number of hydrogen-bond acceptors (Lipinski definition) is 4. The van der Waals surface area contributed by atoms with Crippen molar-refractivity contribution >= 4 is 34.3 Å². The van der Waals surface area contributed by atoms with Gasteiger partial charge < -0.3 is 4.74 Å². The summed E-state index contributed by atoms with van der Waals surface area (Å²) in [6.07, 6.45) is 0. The Labute approximate surface area is 155 Å². The van der Waals surface area contributed by atoms with Crippen LogP contribution in [-0.4, -0.2) is 22.4 Å². The van der Waals surface area contributed by atoms with Gasteiger partial charge in [0.05, 0.1) is 28.7 Å². The lowest BCUT2D eigenvalue weighted by Crippen LogP contribution is -2.21. The van der Waals surface area contributed by atoms with E-state index in [1.54, 1.807) is 35.9 Å². The third-order valence-electron chi connectivity index (χ3n) is 3.59. The Bertz CT molecular complexity index is 1010. The number of aromatic nitrogens is 2. The molecule has 0 N–H and O–H groups in total. The van der Waals surface area contributed by atoms with Crippen molar-refractivity contribution in [2.75, 3.05) is 12.9 Å². The van der Waals surface area contributed by atoms with Gasteiger partial charge >= 0.3 is 0 Å². The molecule has 4 nitrogen and oxygen atoms in total. The standard InChI is InChI=1S/C19H17ClN2O2S/c1-12(2)11-25-19-21-16-7-5-4-6-14(16)18(23)22(19)13-8-9-17(24-3)15(20)10-13/h4-10H,1,11H2,2-3H3. The number of para-hydroxylation sites is 1. The van der Waals surface area contributed by atoms with E-state index in [4.69, 9.17) is 16.3 Å². The van der Waals surface area contributed by atoms with Crippen LogP contribution in [0.15, 0.2) is 64.6 Å². The van der Waals surface area contributed by atoms with E-state index >= 15 is 0 Å². The zero-order valence-electron chi connectivity index (χ0n) is 14.0. The average molecular weight is 373 g/mol. The first-order valence-electron chi connectivity index (χ1n) is 7.64. The smallest absolute Gasteiger partial charge is 0.266 e. The first-order valence-corrected chi connectivity index (χ1v) is 9.00. The van der Waals surface area contributed by atoms with Crippen molar-refractivity contribution in [3.8, 4) is 11.4 Å². The highest BCUT2D eigenvalue weighted by molar-refractivity contribution is 7.99. The molecule has 1 heterocycles. The minimum Gasteiger partial charge on any atom is -0.495 e. The molecule has 0 fully saturated rings. The number of halogens is 1. The molecule has 0 amide bonds. The Morgan fingerprint density at radius 1 is 1.32 bits per heavy atom. The quantitative estimate of drug-likeness (QED) is 0.369. The number of benzene rings is 2. The van der Waals surface area contributed by atoms with Crippen molar-refractivity contribution in [1.82, 2.24) is 9.55 Å². The predicted molar refractivity (Wildman–Crippen MR) is 104 cm³/mol. The minimum absolute atomic E-state index is 0.129. The fourth-order valence-corrected chi connectivity index (χ4v) is 3.53. The van der Waals surface area contributed by atoms with Gasteiger partial charge in [-0.25, -0.2) is 4.98 Å². The van der Waals surface area contributed by atoms with Crippen LogP contribution < -0.4 is 10.3 Å². The van der Waals surface area contributed by atoms with Crippen LogP contribution in [0.4, 0.5) is 0 Å². The number of fused-ring (bicyclic) bond motifs is 1. The van der Waals surface area contributed by atoms with Crippen LogP contribution in [0.2, 0.25) is 5.02 Å². The van der Waals surface area contributed by atoms with Gasteiger partial charge in [0, 0.05) is 5.75 Å². The highest BCUT2D eigenvalue weighted by atomic mass is 35.5. The van der Waals surface area contributed by atoms with E-state index in [-0.39, 0.29) is 5.56 Å². The van der Waals surface area contributed by atoms with E-state index in [0.29, 0.717) is 38.3 Å². The molecular formula is C19H17ClN2O2S. The summed E-state index contributed by atoms with van der Waals surface area (Å²) in [6.45, 7) is 5.87. The molecule has 3 aromatic rings. The van der Waals surface area contributed by atoms with Crippen LogP contribution >= 0.6 is 23.4 Å². The first-order chi connectivity index (χ1) is 12.0. The van der Waals surface area contributed by atoms with Gasteiger partial charge in [0.25, 0.3) is 5.56 Å². The number of methoxy groups -OCH3 is 1. The highest BCUT2D eigenvalue weighted by Gasteiger charge is 2.14. The summed E-state index contributed by atoms with van der Waals surface area (Å²) in [6, 6.07) is 12.6. The molecule has 0 bridgehead atoms. The summed E-state index contributed by atoms with van der Waals surface area (Å²) in [5, 5.41) is 1.61. The second-order valence-electron chi connectivity index (χ2n) is 5.62. The fourth-order valence-electron chi connectivity index (χ4n) is 2.42. The summed E-state index contributed by atoms with van der Waals surface area (Å²) in [4.78, 5) is 17.7. The zero-order valence-corrected chi connectivity index (χ0v) is 15.5. The molecule has 0 atom stereocenters. The van der Waals surface area contributed by atoms with Crippen molar-refractivity contribution < 1.29 is 4.74 Å². The van der Waals surface area contributed by atoms with Crippen molar-refractivity contribution in [2.24, 2.45) is 0 Å². The molecule has 0 aliphatic heterocycles. The Kier molecular flexibility index (Phi) is 5.16. The van der Waals surface area contributed by atoms with Crippen molar-refractivity contribution in [3.05, 3.63) is 70.0 Å². The van der Waals surface area contributed by atoms with Crippen LogP contribution in [-0.2, 0) is 0 Å². The van der Waals surface area contributed by atoms with Gasteiger partial charge in [-0.1, -0.05) is 47.6 Å². The Morgan fingerprint density at radius 2 is 2.08 bits per heavy atom. The lowest BCUT2D eigenvalue weighted by molar-refractivity contribution is 0.415. The molecule has 0 spiro atoms. The van der Waals surface area contributed by atoms with Gasteiger partial charge in [-0.15, -0.1) is 0 Å². The van der Waals surface area contributed by atoms with Crippen LogP contribution in [0.3, 0.4) is 0 Å². The molecule has 6 heteroatoms. The predicted octanol–water partition coefficient (Wildman–Crippen LogP) is 4.72. The highest BCUT2D eigenvalue weighted by Crippen LogP contribution is 2.29. The van der Waals surface area contributed by atoms with E-state index in [1.165, 1.54) is 11.8 Å². The lowest BCUT2D eigenvalue weighted by atomic mass is 10.2. The normalized spacial score (nSPS) is 10.8. The maximum absolute atomic E-state index is 13.1. The average Bonchev–Trinajstić information content (AvgIpc) is 2.60. The fraction of sp³-hybridized carbons (Fsp3) is 0.158. The van der Waals surface area contributed by atoms with E-state index < -0.39 is 0 Å². The van der Waals surface area contributed by atoms with Gasteiger partial charge in [0.15, 0.2) is 5.16 Å². The third-order valence-corrected chi connectivity index (χ3v) is 5.05. The lowest BCUT2D eigenvalue weighted by Gasteiger charge is -2.14. The number of hydrogen-bond donors (Lipinski definition) is 0. The zero-order chi connectivity index (χ0) is 18.0. The molecular weight excluding hydrogens is 356 g/mol. The molecule has 128 valence electrons. The minimum atomic E-state index is -0.129. The molecule has 0 aliphatic carbocycles. The summed E-state index contributed by atoms with van der Waals surface area (Å²) in [5.74, 6) is 1.23. The maximum atomic E-state index is 13.1. The molecule has 3 rings (SSSR count). The van der Waals surface area contributed by atoms with E-state index in [2.05, 4.69) is 11.6 Å². The molecule has 0 saturated carbocycles. The SMILES string of the molecule is C=C(C)CSc1nc2ccccc2c(=O)n1-c1ccc(OC)c(Cl)c1. The van der Waals surface area contributed by atoms with Crippen molar-refractivity contribution in [1.29, 1.82) is 0 Å². The number of ether oxygens (including phenoxy) is 1. The topological polar surface area (TPSA) is 44.1 Å². The molecule has 0 unspecified atom stereocenters. The second kappa shape index (κ2) is 7.33. The Balaban J connectivity index is 2.25. The van der Waals surface area contributed by atoms with Crippen LogP contribution in [0.25, 0.3) is 16.6 Å². The van der Waals surface area contributed by atoms with Crippen LogP contribution in [0.5, 0.6) is 5.75 Å². The van der Waals surface area contributed by atoms with Gasteiger partial charge in [0.1, 0.15) is 5.75 Å². The van der Waals surface area contributed by atoms with Crippen molar-refractivity contribution in [3.63, 3.8) is 0 Å². The van der Waals surface area contributed by atoms with Crippen LogP contribution in [0, 0.1) is 0 Å². The summed E-state index contributed by atoms with van der Waals surface area (Å²) >= 11 is 7.72. The maximum Gasteiger partial charge on any atom is 0.266 e. The summed E-state index contributed by atoms with van der Waals surface area (Å²) in [7, 11) is 1.55. The van der Waals surface area contributed by atoms with Gasteiger partial charge in [0.2, 0.25) is 0 Å². The number of nitrogens with zero attached hydrogens (tertiary/aromatic N) is 2. The summed E-state index contributed by atoms with van der Waals surface area (Å²) < 4.78 is 6.78. The summed E-state index contributed by atoms with van der Waals surface area (Å²) in [5.41, 5.74) is 2.20. The monoisotopic (exact) mass is 372 g/mol. The Hall–Kier alpha value is -2.24. The first kappa shape index (κ1) is 17.6. The van der Waals surface area contributed by atoms with Crippen molar-refractivity contribution in [2.45, 2.75) is 12.1 Å². The molecule has 0 aliphatic rings. The van der Waals surface area contributed by atoms with E-state index in [1.807, 2.05) is 25.1 Å². The van der Waals surface area contributed by atoms with Gasteiger partial charge in [-0.05, 0) is 37.3 Å².